The molecule has 0 saturated carbocycles. The molecule has 0 N–H and O–H groups in total. The van der Waals surface area contributed by atoms with E-state index in [1.54, 1.807) is 11.3 Å². The number of nitrogens with zero attached hydrogens (tertiary/aromatic N) is 5. The van der Waals surface area contributed by atoms with E-state index in [1.807, 2.05) is 18.6 Å². The molecule has 6 heteroatoms. The molecule has 0 spiro atoms. The first kappa shape index (κ1) is 28.2. The monoisotopic (exact) mass is 669 g/mol. The van der Waals surface area contributed by atoms with E-state index in [2.05, 4.69) is 160 Å². The zero-order valence-corrected chi connectivity index (χ0v) is 28.0. The van der Waals surface area contributed by atoms with Gasteiger partial charge in [-0.1, -0.05) is 84.9 Å². The first-order chi connectivity index (χ1) is 25.3. The Hall–Kier alpha value is -6.63. The molecule has 238 valence electrons. The molecular weight excluding hydrogens is 643 g/mol. The maximum atomic E-state index is 4.84. The van der Waals surface area contributed by atoms with Gasteiger partial charge >= 0.3 is 0 Å². The topological polar surface area (TPSA) is 48.5 Å². The molecule has 0 bridgehead atoms. The number of rotatable bonds is 4. The smallest absolute Gasteiger partial charge is 0.102 e. The van der Waals surface area contributed by atoms with Crippen LogP contribution < -0.4 is 0 Å². The maximum absolute atomic E-state index is 4.84. The van der Waals surface area contributed by atoms with Gasteiger partial charge in [0, 0.05) is 67.2 Å². The summed E-state index contributed by atoms with van der Waals surface area (Å²) in [5.41, 5.74) is 11.1. The van der Waals surface area contributed by atoms with Crippen molar-refractivity contribution in [3.63, 3.8) is 0 Å². The zero-order chi connectivity index (χ0) is 33.5. The van der Waals surface area contributed by atoms with Crippen molar-refractivity contribution in [1.82, 2.24) is 24.3 Å². The third-order valence-corrected chi connectivity index (χ3v) is 11.2. The molecule has 0 aliphatic rings. The third kappa shape index (κ3) is 4.17. The number of benzene rings is 6. The van der Waals surface area contributed by atoms with Gasteiger partial charge in [0.25, 0.3) is 0 Å². The van der Waals surface area contributed by atoms with Crippen molar-refractivity contribution in [2.24, 2.45) is 0 Å². The second kappa shape index (κ2) is 10.9. The van der Waals surface area contributed by atoms with E-state index >= 15 is 0 Å². The number of hydrogen-bond donors (Lipinski definition) is 0. The average molecular weight is 670 g/mol. The molecule has 0 radical (unpaired) electrons. The van der Waals surface area contributed by atoms with E-state index in [0.717, 1.165) is 59.4 Å². The van der Waals surface area contributed by atoms with Crippen LogP contribution in [0.5, 0.6) is 0 Å². The Morgan fingerprint density at radius 2 is 0.961 bits per heavy atom. The third-order valence-electron chi connectivity index (χ3n) is 10.2. The largest absolute Gasteiger partial charge is 0.309 e. The van der Waals surface area contributed by atoms with Crippen molar-refractivity contribution < 1.29 is 0 Å². The highest BCUT2D eigenvalue weighted by Crippen LogP contribution is 2.45. The van der Waals surface area contributed by atoms with Gasteiger partial charge in [-0.3, -0.25) is 4.98 Å². The summed E-state index contributed by atoms with van der Waals surface area (Å²) in [5, 5.41) is 16.5. The van der Waals surface area contributed by atoms with Gasteiger partial charge in [0.15, 0.2) is 0 Å². The van der Waals surface area contributed by atoms with Gasteiger partial charge < -0.3 is 9.13 Å². The van der Waals surface area contributed by atoms with Gasteiger partial charge in [0.2, 0.25) is 0 Å². The first-order valence-electron chi connectivity index (χ1n) is 17.0. The molecule has 0 amide bonds. The molecule has 6 aromatic carbocycles. The Kier molecular flexibility index (Phi) is 6.05. The van der Waals surface area contributed by atoms with Crippen LogP contribution in [0.2, 0.25) is 0 Å². The molecule has 0 fully saturated rings. The highest BCUT2D eigenvalue weighted by molar-refractivity contribution is 7.26. The lowest BCUT2D eigenvalue weighted by molar-refractivity contribution is 1.06. The lowest BCUT2D eigenvalue weighted by Gasteiger charge is -2.10. The van der Waals surface area contributed by atoms with Crippen molar-refractivity contribution in [3.8, 4) is 33.8 Å². The van der Waals surface area contributed by atoms with Crippen LogP contribution in [0.15, 0.2) is 164 Å². The standard InChI is InChI=1S/C45H27N5S/c1-3-11-30(12-4-1)49-37-17-9-7-15-32(37)34-23-28(19-21-39(34)49)36-25-46-26-41-43(36)44-42(51-41)27-47-48-45(44)29-20-22-40-35(24-29)33-16-8-10-18-38(33)50(40)31-13-5-2-6-14-31/h1-27H. The lowest BCUT2D eigenvalue weighted by Crippen LogP contribution is -1.93. The average Bonchev–Trinajstić information content (AvgIpc) is 3.86. The fraction of sp³-hybridized carbons (Fsp3) is 0. The second-order valence-corrected chi connectivity index (χ2v) is 14.0. The van der Waals surface area contributed by atoms with Crippen LogP contribution in [0.4, 0.5) is 0 Å². The molecule has 5 nitrogen and oxygen atoms in total. The van der Waals surface area contributed by atoms with E-state index in [9.17, 15) is 0 Å². The lowest BCUT2D eigenvalue weighted by atomic mass is 9.97. The van der Waals surface area contributed by atoms with E-state index in [1.165, 1.54) is 38.1 Å². The molecule has 0 aliphatic carbocycles. The summed E-state index contributed by atoms with van der Waals surface area (Å²) in [6.07, 6.45) is 5.88. The number of hydrogen-bond acceptors (Lipinski definition) is 4. The fourth-order valence-corrected chi connectivity index (χ4v) is 9.04. The summed E-state index contributed by atoms with van der Waals surface area (Å²) in [4.78, 5) is 4.75. The Bertz CT molecular complexity index is 2920. The van der Waals surface area contributed by atoms with Gasteiger partial charge in [-0.15, -0.1) is 16.4 Å². The normalized spacial score (nSPS) is 11.9. The minimum Gasteiger partial charge on any atom is -0.309 e. The SMILES string of the molecule is c1ccc(-n2c3ccccc3c3cc(-c4cncc5sc6cnnc(-c7ccc8c(c7)c7ccccc7n8-c7ccccc7)c6c45)ccc32)cc1. The first-order valence-corrected chi connectivity index (χ1v) is 17.8. The van der Waals surface area contributed by atoms with Gasteiger partial charge in [-0.2, -0.15) is 5.10 Å². The summed E-state index contributed by atoms with van der Waals surface area (Å²) >= 11 is 1.72. The summed E-state index contributed by atoms with van der Waals surface area (Å²) < 4.78 is 6.91. The van der Waals surface area contributed by atoms with Crippen LogP contribution in [-0.2, 0) is 0 Å². The van der Waals surface area contributed by atoms with Crippen molar-refractivity contribution in [2.75, 3.05) is 0 Å². The highest BCUT2D eigenvalue weighted by atomic mass is 32.1. The van der Waals surface area contributed by atoms with Crippen LogP contribution in [0.3, 0.4) is 0 Å². The fourth-order valence-electron chi connectivity index (χ4n) is 7.98. The number of para-hydroxylation sites is 4. The molecule has 0 unspecified atom stereocenters. The Morgan fingerprint density at radius 1 is 0.431 bits per heavy atom. The minimum atomic E-state index is 0.881. The molecular formula is C45H27N5S. The molecule has 0 atom stereocenters. The molecule has 0 saturated heterocycles. The van der Waals surface area contributed by atoms with Crippen LogP contribution in [-0.4, -0.2) is 24.3 Å². The summed E-state index contributed by atoms with van der Waals surface area (Å²) in [7, 11) is 0. The van der Waals surface area contributed by atoms with E-state index in [0.29, 0.717) is 0 Å². The van der Waals surface area contributed by atoms with Crippen molar-refractivity contribution in [2.45, 2.75) is 0 Å². The summed E-state index contributed by atoms with van der Waals surface area (Å²) in [6.45, 7) is 0. The van der Waals surface area contributed by atoms with E-state index in [4.69, 9.17) is 10.1 Å². The van der Waals surface area contributed by atoms with Crippen LogP contribution in [0.25, 0.3) is 97.5 Å². The Labute approximate surface area is 296 Å². The predicted molar refractivity (Wildman–Crippen MR) is 212 cm³/mol. The molecule has 51 heavy (non-hydrogen) atoms. The highest BCUT2D eigenvalue weighted by Gasteiger charge is 2.20. The van der Waals surface area contributed by atoms with Crippen LogP contribution in [0.1, 0.15) is 0 Å². The van der Waals surface area contributed by atoms with Crippen LogP contribution >= 0.6 is 11.3 Å². The van der Waals surface area contributed by atoms with Crippen molar-refractivity contribution in [1.29, 1.82) is 0 Å². The number of aromatic nitrogens is 5. The van der Waals surface area contributed by atoms with Crippen LogP contribution in [0, 0.1) is 0 Å². The van der Waals surface area contributed by atoms with Gasteiger partial charge in [-0.05, 0) is 66.2 Å². The van der Waals surface area contributed by atoms with Crippen molar-refractivity contribution in [3.05, 3.63) is 164 Å². The number of fused-ring (bicyclic) bond motifs is 9. The molecule has 5 heterocycles. The van der Waals surface area contributed by atoms with Gasteiger partial charge in [0.1, 0.15) is 5.69 Å². The van der Waals surface area contributed by atoms with E-state index < -0.39 is 0 Å². The number of thiophene rings is 1. The summed E-state index contributed by atoms with van der Waals surface area (Å²) in [6, 6.07) is 52.0. The quantitative estimate of drug-likeness (QED) is 0.187. The number of pyridine rings is 1. The predicted octanol–water partition coefficient (Wildman–Crippen LogP) is 11.8. The Balaban J connectivity index is 1.15. The Morgan fingerprint density at radius 3 is 1.61 bits per heavy atom. The second-order valence-electron chi connectivity index (χ2n) is 12.9. The minimum absolute atomic E-state index is 0.881. The molecule has 5 aromatic heterocycles. The molecule has 11 aromatic rings. The maximum Gasteiger partial charge on any atom is 0.102 e. The van der Waals surface area contributed by atoms with E-state index in [-0.39, 0.29) is 0 Å². The molecule has 0 aliphatic heterocycles. The zero-order valence-electron chi connectivity index (χ0n) is 27.2. The van der Waals surface area contributed by atoms with Gasteiger partial charge in [-0.25, -0.2) is 0 Å². The summed E-state index contributed by atoms with van der Waals surface area (Å²) in [5.74, 6) is 0. The van der Waals surface area contributed by atoms with Gasteiger partial charge in [0.05, 0.1) is 37.7 Å². The molecule has 11 rings (SSSR count). The van der Waals surface area contributed by atoms with Crippen molar-refractivity contribution >= 4 is 75.1 Å².